The van der Waals surface area contributed by atoms with Crippen LogP contribution in [0.1, 0.15) is 48.9 Å². The van der Waals surface area contributed by atoms with Gasteiger partial charge in [-0.2, -0.15) is 4.98 Å². The minimum atomic E-state index is -0.181. The van der Waals surface area contributed by atoms with Crippen molar-refractivity contribution in [2.45, 2.75) is 50.7 Å². The van der Waals surface area contributed by atoms with Gasteiger partial charge in [0.1, 0.15) is 5.82 Å². The first-order chi connectivity index (χ1) is 13.6. The Morgan fingerprint density at radius 1 is 1.36 bits per heavy atom. The first kappa shape index (κ1) is 18.9. The molecular weight excluding hydrogens is 361 g/mol. The molecule has 2 aliphatic rings. The monoisotopic (exact) mass is 387 g/mol. The number of amides is 2. The Morgan fingerprint density at radius 3 is 2.96 bits per heavy atom. The van der Waals surface area contributed by atoms with Crippen molar-refractivity contribution in [2.75, 3.05) is 20.1 Å². The number of carbonyl (C=O) groups is 1. The molecule has 28 heavy (non-hydrogen) atoms. The number of hydrogen-bond acceptors (Lipinski definition) is 5. The van der Waals surface area contributed by atoms with Crippen molar-refractivity contribution in [1.82, 2.24) is 25.3 Å². The highest BCUT2D eigenvalue weighted by molar-refractivity contribution is 5.74. The van der Waals surface area contributed by atoms with Crippen LogP contribution in [0.4, 0.5) is 9.18 Å². The topological polar surface area (TPSA) is 74.5 Å². The van der Waals surface area contributed by atoms with Crippen molar-refractivity contribution in [3.8, 4) is 0 Å². The van der Waals surface area contributed by atoms with Crippen LogP contribution in [0.25, 0.3) is 0 Å². The molecule has 1 aromatic heterocycles. The van der Waals surface area contributed by atoms with E-state index >= 15 is 0 Å². The normalized spacial score (nSPS) is 20.1. The van der Waals surface area contributed by atoms with Crippen molar-refractivity contribution in [1.29, 1.82) is 0 Å². The molecule has 0 unspecified atom stereocenters. The van der Waals surface area contributed by atoms with Crippen LogP contribution in [0, 0.1) is 5.82 Å². The SMILES string of the molecule is CN(Cc1noc(C2CC2)n1)C(=O)N[C@H]1CCCN(Cc2ccccc2F)C1. The molecule has 2 amide bonds. The van der Waals surface area contributed by atoms with Crippen molar-refractivity contribution in [2.24, 2.45) is 0 Å². The van der Waals surface area contributed by atoms with Crippen molar-refractivity contribution in [3.63, 3.8) is 0 Å². The zero-order valence-electron chi connectivity index (χ0n) is 16.1. The van der Waals surface area contributed by atoms with Gasteiger partial charge in [-0.25, -0.2) is 9.18 Å². The van der Waals surface area contributed by atoms with E-state index in [1.807, 2.05) is 12.1 Å². The number of aromatic nitrogens is 2. The average Bonchev–Trinajstić information content (AvgIpc) is 3.43. The van der Waals surface area contributed by atoms with Crippen LogP contribution >= 0.6 is 0 Å². The van der Waals surface area contributed by atoms with Crippen molar-refractivity contribution >= 4 is 6.03 Å². The van der Waals surface area contributed by atoms with Gasteiger partial charge in [-0.3, -0.25) is 4.90 Å². The van der Waals surface area contributed by atoms with Crippen LogP contribution in [0.2, 0.25) is 0 Å². The van der Waals surface area contributed by atoms with Gasteiger partial charge >= 0.3 is 6.03 Å². The summed E-state index contributed by atoms with van der Waals surface area (Å²) in [4.78, 5) is 20.7. The van der Waals surface area contributed by atoms with Gasteiger partial charge in [0.25, 0.3) is 0 Å². The molecule has 7 nitrogen and oxygen atoms in total. The lowest BCUT2D eigenvalue weighted by Gasteiger charge is -2.34. The molecule has 2 fully saturated rings. The van der Waals surface area contributed by atoms with Gasteiger partial charge in [0, 0.05) is 37.7 Å². The Balaban J connectivity index is 1.27. The van der Waals surface area contributed by atoms with Gasteiger partial charge in [0.05, 0.1) is 6.54 Å². The smallest absolute Gasteiger partial charge is 0.317 e. The Kier molecular flexibility index (Phi) is 5.57. The number of hydrogen-bond donors (Lipinski definition) is 1. The van der Waals surface area contributed by atoms with E-state index in [0.29, 0.717) is 42.8 Å². The lowest BCUT2D eigenvalue weighted by Crippen LogP contribution is -2.50. The van der Waals surface area contributed by atoms with Gasteiger partial charge in [-0.15, -0.1) is 0 Å². The highest BCUT2D eigenvalue weighted by atomic mass is 19.1. The molecule has 2 aromatic rings. The fourth-order valence-electron chi connectivity index (χ4n) is 3.58. The van der Waals surface area contributed by atoms with Gasteiger partial charge in [0.2, 0.25) is 5.89 Å². The van der Waals surface area contributed by atoms with Gasteiger partial charge in [-0.05, 0) is 38.3 Å². The molecule has 8 heteroatoms. The minimum Gasteiger partial charge on any atom is -0.339 e. The zero-order valence-corrected chi connectivity index (χ0v) is 16.1. The molecule has 1 aliphatic carbocycles. The number of piperidine rings is 1. The van der Waals surface area contributed by atoms with Crippen molar-refractivity contribution < 1.29 is 13.7 Å². The zero-order chi connectivity index (χ0) is 19.5. The maximum absolute atomic E-state index is 13.9. The maximum atomic E-state index is 13.9. The van der Waals surface area contributed by atoms with E-state index in [4.69, 9.17) is 4.52 Å². The molecule has 1 atom stereocenters. The van der Waals surface area contributed by atoms with Crippen LogP contribution in [0.5, 0.6) is 0 Å². The van der Waals surface area contributed by atoms with E-state index < -0.39 is 0 Å². The highest BCUT2D eigenvalue weighted by Crippen LogP contribution is 2.38. The molecule has 1 saturated heterocycles. The Labute approximate surface area is 163 Å². The number of nitrogens with one attached hydrogen (secondary N) is 1. The minimum absolute atomic E-state index is 0.0442. The average molecular weight is 387 g/mol. The number of urea groups is 1. The lowest BCUT2D eigenvalue weighted by molar-refractivity contribution is 0.165. The predicted molar refractivity (Wildman–Crippen MR) is 101 cm³/mol. The number of halogens is 1. The highest BCUT2D eigenvalue weighted by Gasteiger charge is 2.30. The summed E-state index contributed by atoms with van der Waals surface area (Å²) in [7, 11) is 1.72. The summed E-state index contributed by atoms with van der Waals surface area (Å²) in [6.45, 7) is 2.49. The second-order valence-electron chi connectivity index (χ2n) is 7.79. The fraction of sp³-hybridized carbons (Fsp3) is 0.550. The Hall–Kier alpha value is -2.48. The number of likely N-dealkylation sites (tertiary alicyclic amines) is 1. The van der Waals surface area contributed by atoms with Crippen LogP contribution in [0.3, 0.4) is 0 Å². The molecule has 0 radical (unpaired) electrons. The van der Waals surface area contributed by atoms with Gasteiger partial charge < -0.3 is 14.7 Å². The standard InChI is InChI=1S/C20H26FN5O2/c1-25(13-18-23-19(28-24-18)14-8-9-14)20(27)22-16-6-4-10-26(12-16)11-15-5-2-3-7-17(15)21/h2-3,5,7,14,16H,4,6,8-13H2,1H3,(H,22,27)/t16-/m0/s1. The van der Waals surface area contributed by atoms with E-state index in [9.17, 15) is 9.18 Å². The van der Waals surface area contributed by atoms with E-state index in [1.54, 1.807) is 18.0 Å². The van der Waals surface area contributed by atoms with E-state index in [1.165, 1.54) is 6.07 Å². The molecule has 0 spiro atoms. The number of rotatable bonds is 6. The summed E-state index contributed by atoms with van der Waals surface area (Å²) in [5.74, 6) is 1.44. The summed E-state index contributed by atoms with van der Waals surface area (Å²) in [6.07, 6.45) is 4.09. The quantitative estimate of drug-likeness (QED) is 0.825. The molecule has 1 aliphatic heterocycles. The number of benzene rings is 1. The van der Waals surface area contributed by atoms with Crippen LogP contribution < -0.4 is 5.32 Å². The molecule has 150 valence electrons. The third-order valence-electron chi connectivity index (χ3n) is 5.32. The summed E-state index contributed by atoms with van der Waals surface area (Å²) >= 11 is 0. The van der Waals surface area contributed by atoms with Crippen LogP contribution in [-0.4, -0.2) is 52.2 Å². The lowest BCUT2D eigenvalue weighted by atomic mass is 10.0. The van der Waals surface area contributed by atoms with Crippen molar-refractivity contribution in [3.05, 3.63) is 47.4 Å². The first-order valence-electron chi connectivity index (χ1n) is 9.88. The predicted octanol–water partition coefficient (Wildman–Crippen LogP) is 2.89. The van der Waals surface area contributed by atoms with E-state index in [-0.39, 0.29) is 17.9 Å². The summed E-state index contributed by atoms with van der Waals surface area (Å²) in [6, 6.07) is 6.74. The molecule has 4 rings (SSSR count). The molecule has 0 bridgehead atoms. The Morgan fingerprint density at radius 2 is 2.18 bits per heavy atom. The molecular formula is C20H26FN5O2. The largest absolute Gasteiger partial charge is 0.339 e. The molecule has 1 aromatic carbocycles. The van der Waals surface area contributed by atoms with Gasteiger partial charge in [0.15, 0.2) is 5.82 Å². The summed E-state index contributed by atoms with van der Waals surface area (Å²) < 4.78 is 19.1. The summed E-state index contributed by atoms with van der Waals surface area (Å²) in [5.41, 5.74) is 0.690. The second-order valence-corrected chi connectivity index (χ2v) is 7.79. The van der Waals surface area contributed by atoms with E-state index in [2.05, 4.69) is 20.4 Å². The summed E-state index contributed by atoms with van der Waals surface area (Å²) in [5, 5.41) is 7.04. The number of nitrogens with zero attached hydrogens (tertiary/aromatic N) is 4. The van der Waals surface area contributed by atoms with E-state index in [0.717, 1.165) is 32.2 Å². The number of carbonyl (C=O) groups excluding carboxylic acids is 1. The molecule has 1 saturated carbocycles. The third-order valence-corrected chi connectivity index (χ3v) is 5.32. The first-order valence-corrected chi connectivity index (χ1v) is 9.88. The van der Waals surface area contributed by atoms with Crippen LogP contribution in [-0.2, 0) is 13.1 Å². The molecule has 2 heterocycles. The molecule has 1 N–H and O–H groups in total. The fourth-order valence-corrected chi connectivity index (χ4v) is 3.58. The Bertz CT molecular complexity index is 822. The second kappa shape index (κ2) is 8.26. The third kappa shape index (κ3) is 4.67. The maximum Gasteiger partial charge on any atom is 0.317 e. The van der Waals surface area contributed by atoms with Crippen LogP contribution in [0.15, 0.2) is 28.8 Å². The van der Waals surface area contributed by atoms with Gasteiger partial charge in [-0.1, -0.05) is 23.4 Å².